The van der Waals surface area contributed by atoms with Crippen molar-refractivity contribution >= 4 is 12.1 Å². The summed E-state index contributed by atoms with van der Waals surface area (Å²) in [6, 6.07) is 0. The summed E-state index contributed by atoms with van der Waals surface area (Å²) in [5, 5.41) is 9.19. The highest BCUT2D eigenvalue weighted by Crippen LogP contribution is 2.09. The SMILES string of the molecule is CCNC(=NCC(C)(C)NC(=O)OC(C)(C)C)NCCOCC. The van der Waals surface area contributed by atoms with Crippen molar-refractivity contribution < 1.29 is 14.3 Å². The van der Waals surface area contributed by atoms with Crippen molar-refractivity contribution in [3.63, 3.8) is 0 Å². The first-order valence-electron chi connectivity index (χ1n) is 8.20. The predicted octanol–water partition coefficient (Wildman–Crippen LogP) is 1.88. The van der Waals surface area contributed by atoms with Crippen LogP contribution in [0, 0.1) is 0 Å². The summed E-state index contributed by atoms with van der Waals surface area (Å²) < 4.78 is 10.6. The van der Waals surface area contributed by atoms with Crippen LogP contribution in [-0.2, 0) is 9.47 Å². The number of hydrogen-bond acceptors (Lipinski definition) is 4. The van der Waals surface area contributed by atoms with Crippen LogP contribution in [0.5, 0.6) is 0 Å². The standard InChI is InChI=1S/C16H34N4O3/c1-8-17-13(18-10-11-22-9-2)19-12-16(6,7)20-14(21)23-15(3,4)5/h8-12H2,1-7H3,(H,20,21)(H2,17,18,19). The lowest BCUT2D eigenvalue weighted by molar-refractivity contribution is 0.0476. The molecule has 0 rings (SSSR count). The van der Waals surface area contributed by atoms with Gasteiger partial charge >= 0.3 is 6.09 Å². The molecular weight excluding hydrogens is 296 g/mol. The van der Waals surface area contributed by atoms with Gasteiger partial charge in [-0.1, -0.05) is 0 Å². The number of aliphatic imine (C=N–C) groups is 1. The summed E-state index contributed by atoms with van der Waals surface area (Å²) in [5.41, 5.74) is -1.02. The Kier molecular flexibility index (Phi) is 9.64. The average molecular weight is 330 g/mol. The minimum atomic E-state index is -0.515. The highest BCUT2D eigenvalue weighted by molar-refractivity contribution is 5.79. The molecule has 0 saturated carbocycles. The van der Waals surface area contributed by atoms with Gasteiger partial charge in [-0.2, -0.15) is 0 Å². The van der Waals surface area contributed by atoms with Crippen LogP contribution < -0.4 is 16.0 Å². The van der Waals surface area contributed by atoms with Crippen LogP contribution in [-0.4, -0.2) is 56.0 Å². The van der Waals surface area contributed by atoms with Crippen LogP contribution in [0.2, 0.25) is 0 Å². The van der Waals surface area contributed by atoms with Crippen molar-refractivity contribution in [3.05, 3.63) is 0 Å². The van der Waals surface area contributed by atoms with Crippen LogP contribution in [0.4, 0.5) is 4.79 Å². The van der Waals surface area contributed by atoms with E-state index in [-0.39, 0.29) is 0 Å². The third-order valence-corrected chi connectivity index (χ3v) is 2.56. The molecule has 7 nitrogen and oxygen atoms in total. The number of nitrogens with zero attached hydrogens (tertiary/aromatic N) is 1. The molecule has 136 valence electrons. The molecular formula is C16H34N4O3. The van der Waals surface area contributed by atoms with Crippen molar-refractivity contribution in [3.8, 4) is 0 Å². The zero-order valence-corrected chi connectivity index (χ0v) is 15.7. The molecule has 0 fully saturated rings. The summed E-state index contributed by atoms with van der Waals surface area (Å²) in [5.74, 6) is 0.700. The predicted molar refractivity (Wildman–Crippen MR) is 93.9 cm³/mol. The van der Waals surface area contributed by atoms with Crippen molar-refractivity contribution in [2.75, 3.05) is 32.8 Å². The number of alkyl carbamates (subject to hydrolysis) is 1. The van der Waals surface area contributed by atoms with E-state index in [1.165, 1.54) is 0 Å². The summed E-state index contributed by atoms with van der Waals surface area (Å²) >= 11 is 0. The lowest BCUT2D eigenvalue weighted by Crippen LogP contribution is -2.49. The van der Waals surface area contributed by atoms with Crippen LogP contribution in [0.1, 0.15) is 48.5 Å². The van der Waals surface area contributed by atoms with Gasteiger partial charge in [0, 0.05) is 19.7 Å². The van der Waals surface area contributed by atoms with Gasteiger partial charge in [-0.25, -0.2) is 4.79 Å². The van der Waals surface area contributed by atoms with Gasteiger partial charge in [0.05, 0.1) is 18.7 Å². The second-order valence-corrected chi connectivity index (χ2v) is 6.83. The van der Waals surface area contributed by atoms with E-state index in [4.69, 9.17) is 9.47 Å². The second-order valence-electron chi connectivity index (χ2n) is 6.83. The molecule has 3 N–H and O–H groups in total. The Hall–Kier alpha value is -1.50. The molecule has 0 aliphatic heterocycles. The number of nitrogens with one attached hydrogen (secondary N) is 3. The molecule has 0 radical (unpaired) electrons. The summed E-state index contributed by atoms with van der Waals surface area (Å²) in [6.45, 7) is 16.5. The smallest absolute Gasteiger partial charge is 0.408 e. The van der Waals surface area contributed by atoms with E-state index in [1.807, 2.05) is 48.5 Å². The maximum absolute atomic E-state index is 11.9. The van der Waals surface area contributed by atoms with E-state index >= 15 is 0 Å². The first-order chi connectivity index (χ1) is 10.6. The van der Waals surface area contributed by atoms with Crippen LogP contribution in [0.3, 0.4) is 0 Å². The molecule has 0 unspecified atom stereocenters. The molecule has 0 aromatic rings. The van der Waals surface area contributed by atoms with Crippen LogP contribution in [0.15, 0.2) is 4.99 Å². The van der Waals surface area contributed by atoms with Crippen molar-refractivity contribution in [2.45, 2.75) is 59.6 Å². The van der Waals surface area contributed by atoms with E-state index in [9.17, 15) is 4.79 Å². The normalized spacial score (nSPS) is 12.7. The molecule has 1 amide bonds. The first-order valence-corrected chi connectivity index (χ1v) is 8.20. The first kappa shape index (κ1) is 21.5. The number of amides is 1. The van der Waals surface area contributed by atoms with Crippen molar-refractivity contribution in [2.24, 2.45) is 4.99 Å². The molecule has 0 aliphatic rings. The Balaban J connectivity index is 4.48. The molecule has 0 atom stereocenters. The number of rotatable bonds is 8. The third-order valence-electron chi connectivity index (χ3n) is 2.56. The Labute approximate surface area is 140 Å². The fraction of sp³-hybridized carbons (Fsp3) is 0.875. The fourth-order valence-electron chi connectivity index (χ4n) is 1.62. The van der Waals surface area contributed by atoms with Gasteiger partial charge < -0.3 is 25.4 Å². The average Bonchev–Trinajstić information content (AvgIpc) is 2.37. The Bertz CT molecular complexity index is 376. The van der Waals surface area contributed by atoms with Gasteiger partial charge in [-0.05, 0) is 48.5 Å². The number of carbonyl (C=O) groups is 1. The van der Waals surface area contributed by atoms with E-state index in [2.05, 4.69) is 20.9 Å². The molecule has 23 heavy (non-hydrogen) atoms. The zero-order chi connectivity index (χ0) is 17.9. The topological polar surface area (TPSA) is 84.0 Å². The highest BCUT2D eigenvalue weighted by atomic mass is 16.6. The minimum Gasteiger partial charge on any atom is -0.444 e. The molecule has 0 aromatic carbocycles. The van der Waals surface area contributed by atoms with Gasteiger partial charge in [0.15, 0.2) is 5.96 Å². The zero-order valence-electron chi connectivity index (χ0n) is 15.7. The number of hydrogen-bond donors (Lipinski definition) is 3. The maximum atomic E-state index is 11.9. The third kappa shape index (κ3) is 12.7. The van der Waals surface area contributed by atoms with Crippen molar-refractivity contribution in [1.29, 1.82) is 0 Å². The Morgan fingerprint density at radius 3 is 2.26 bits per heavy atom. The maximum Gasteiger partial charge on any atom is 0.408 e. The van der Waals surface area contributed by atoms with Crippen LogP contribution >= 0.6 is 0 Å². The van der Waals surface area contributed by atoms with E-state index < -0.39 is 17.2 Å². The molecule has 0 aromatic heterocycles. The summed E-state index contributed by atoms with van der Waals surface area (Å²) in [7, 11) is 0. The molecule has 0 heterocycles. The molecule has 0 saturated heterocycles. The quantitative estimate of drug-likeness (QED) is 0.359. The highest BCUT2D eigenvalue weighted by Gasteiger charge is 2.24. The largest absolute Gasteiger partial charge is 0.444 e. The Morgan fingerprint density at radius 1 is 1.09 bits per heavy atom. The number of ether oxygens (including phenoxy) is 2. The van der Waals surface area contributed by atoms with Gasteiger partial charge in [0.2, 0.25) is 0 Å². The fourth-order valence-corrected chi connectivity index (χ4v) is 1.62. The monoisotopic (exact) mass is 330 g/mol. The van der Waals surface area contributed by atoms with Crippen LogP contribution in [0.25, 0.3) is 0 Å². The van der Waals surface area contributed by atoms with Gasteiger partial charge in [-0.3, -0.25) is 4.99 Å². The van der Waals surface area contributed by atoms with Gasteiger partial charge in [0.25, 0.3) is 0 Å². The minimum absolute atomic E-state index is 0.427. The molecule has 0 bridgehead atoms. The molecule has 0 aliphatic carbocycles. The van der Waals surface area contributed by atoms with E-state index in [0.29, 0.717) is 32.3 Å². The summed E-state index contributed by atoms with van der Waals surface area (Å²) in [4.78, 5) is 16.4. The second kappa shape index (κ2) is 10.3. The Morgan fingerprint density at radius 2 is 1.74 bits per heavy atom. The number of guanidine groups is 1. The molecule has 0 spiro atoms. The lowest BCUT2D eigenvalue weighted by atomic mass is 10.1. The summed E-state index contributed by atoms with van der Waals surface area (Å²) in [6.07, 6.45) is -0.438. The van der Waals surface area contributed by atoms with Crippen molar-refractivity contribution in [1.82, 2.24) is 16.0 Å². The van der Waals surface area contributed by atoms with Gasteiger partial charge in [0.1, 0.15) is 5.60 Å². The molecule has 7 heteroatoms. The van der Waals surface area contributed by atoms with E-state index in [0.717, 1.165) is 6.54 Å². The van der Waals surface area contributed by atoms with E-state index in [1.54, 1.807) is 0 Å². The number of carbonyl (C=O) groups excluding carboxylic acids is 1. The van der Waals surface area contributed by atoms with Gasteiger partial charge in [-0.15, -0.1) is 0 Å². The lowest BCUT2D eigenvalue weighted by Gasteiger charge is -2.27.